The van der Waals surface area contributed by atoms with Gasteiger partial charge in [0.15, 0.2) is 0 Å². The van der Waals surface area contributed by atoms with Gasteiger partial charge in [-0.3, -0.25) is 9.10 Å². The number of likely N-dealkylation sites (N-methyl/N-ethyl adjacent to an activating group) is 1. The van der Waals surface area contributed by atoms with E-state index in [1.165, 1.54) is 42.5 Å². The highest BCUT2D eigenvalue weighted by atomic mass is 35.5. The van der Waals surface area contributed by atoms with Crippen molar-refractivity contribution in [2.75, 3.05) is 35.5 Å². The lowest BCUT2D eigenvalue weighted by Gasteiger charge is -2.20. The molecule has 0 fully saturated rings. The Kier molecular flexibility index (Phi) is 6.42. The summed E-state index contributed by atoms with van der Waals surface area (Å²) < 4.78 is 52.0. The second kappa shape index (κ2) is 8.54. The first-order chi connectivity index (χ1) is 14.0. The Balaban J connectivity index is 1.81. The smallest absolute Gasteiger partial charge is 0.264 e. The molecule has 2 aromatic rings. The minimum absolute atomic E-state index is 0.104. The van der Waals surface area contributed by atoms with E-state index in [9.17, 15) is 21.6 Å². The van der Waals surface area contributed by atoms with Gasteiger partial charge in [-0.05, 0) is 55.3 Å². The van der Waals surface area contributed by atoms with Crippen LogP contribution in [0.25, 0.3) is 0 Å². The number of hydrogen-bond acceptors (Lipinski definition) is 5. The van der Waals surface area contributed by atoms with Gasteiger partial charge in [0, 0.05) is 24.3 Å². The highest BCUT2D eigenvalue weighted by Gasteiger charge is 2.31. The van der Waals surface area contributed by atoms with Gasteiger partial charge >= 0.3 is 0 Å². The zero-order chi connectivity index (χ0) is 22.1. The van der Waals surface area contributed by atoms with E-state index in [2.05, 4.69) is 5.32 Å². The third-order valence-electron chi connectivity index (χ3n) is 4.83. The predicted octanol–water partition coefficient (Wildman–Crippen LogP) is 2.31. The van der Waals surface area contributed by atoms with E-state index >= 15 is 0 Å². The van der Waals surface area contributed by atoms with Crippen LogP contribution in [0.5, 0.6) is 0 Å². The minimum Gasteiger partial charge on any atom is -0.325 e. The number of carbonyl (C=O) groups is 1. The van der Waals surface area contributed by atoms with Gasteiger partial charge < -0.3 is 5.32 Å². The average molecular weight is 472 g/mol. The first-order valence-corrected chi connectivity index (χ1v) is 12.6. The van der Waals surface area contributed by atoms with Crippen LogP contribution in [0.1, 0.15) is 12.5 Å². The maximum atomic E-state index is 13.1. The van der Waals surface area contributed by atoms with Crippen LogP contribution in [0, 0.1) is 0 Å². The molecule has 0 aromatic heterocycles. The molecular weight excluding hydrogens is 450 g/mol. The highest BCUT2D eigenvalue weighted by Crippen LogP contribution is 2.35. The second-order valence-electron chi connectivity index (χ2n) is 6.83. The molecule has 2 aromatic carbocycles. The van der Waals surface area contributed by atoms with Gasteiger partial charge in [0.1, 0.15) is 0 Å². The van der Waals surface area contributed by atoms with E-state index in [4.69, 9.17) is 11.6 Å². The second-order valence-corrected chi connectivity index (χ2v) is 11.5. The van der Waals surface area contributed by atoms with Gasteiger partial charge in [-0.25, -0.2) is 16.8 Å². The van der Waals surface area contributed by atoms with Crippen LogP contribution < -0.4 is 9.62 Å². The third-order valence-corrected chi connectivity index (χ3v) is 8.72. The fourth-order valence-corrected chi connectivity index (χ4v) is 5.51. The van der Waals surface area contributed by atoms with Crippen LogP contribution in [-0.4, -0.2) is 52.9 Å². The summed E-state index contributed by atoms with van der Waals surface area (Å²) in [6.07, 6.45) is 0.549. The number of sulfonamides is 2. The standard InChI is InChI=1S/C19H22ClN3O5S2/c1-3-29(25,26)22(2)13-19(24)21-16-7-4-14-10-11-23(18(14)12-16)30(27,28)17-8-5-15(20)6-9-17/h4-9,12H,3,10-11,13H2,1-2H3,(H,21,24). The minimum atomic E-state index is -3.78. The summed E-state index contributed by atoms with van der Waals surface area (Å²) in [5.41, 5.74) is 1.72. The Morgan fingerprint density at radius 2 is 1.80 bits per heavy atom. The molecular formula is C19H22ClN3O5S2. The number of halogens is 1. The predicted molar refractivity (Wildman–Crippen MR) is 117 cm³/mol. The summed E-state index contributed by atoms with van der Waals surface area (Å²) in [5.74, 6) is -0.618. The number of nitrogens with one attached hydrogen (secondary N) is 1. The van der Waals surface area contributed by atoms with E-state index in [1.54, 1.807) is 18.2 Å². The lowest BCUT2D eigenvalue weighted by Crippen LogP contribution is -2.35. The van der Waals surface area contributed by atoms with Crippen molar-refractivity contribution >= 4 is 48.9 Å². The van der Waals surface area contributed by atoms with Crippen molar-refractivity contribution in [1.82, 2.24) is 4.31 Å². The number of amides is 1. The topological polar surface area (TPSA) is 104 Å². The van der Waals surface area contributed by atoms with E-state index in [0.717, 1.165) is 9.87 Å². The van der Waals surface area contributed by atoms with Crippen molar-refractivity contribution in [3.8, 4) is 0 Å². The average Bonchev–Trinajstić information content (AvgIpc) is 3.12. The number of rotatable bonds is 7. The van der Waals surface area contributed by atoms with Crippen molar-refractivity contribution < 1.29 is 21.6 Å². The third kappa shape index (κ3) is 4.61. The molecule has 1 aliphatic rings. The summed E-state index contributed by atoms with van der Waals surface area (Å²) in [4.78, 5) is 12.4. The molecule has 30 heavy (non-hydrogen) atoms. The van der Waals surface area contributed by atoms with E-state index in [0.29, 0.717) is 22.8 Å². The molecule has 0 saturated heterocycles. The summed E-state index contributed by atoms with van der Waals surface area (Å²) in [7, 11) is -5.93. The SMILES string of the molecule is CCS(=O)(=O)N(C)CC(=O)Nc1ccc2c(c1)N(S(=O)(=O)c1ccc(Cl)cc1)CC2. The Morgan fingerprint density at radius 1 is 1.13 bits per heavy atom. The molecule has 0 bridgehead atoms. The number of benzene rings is 2. The molecule has 0 unspecified atom stereocenters. The van der Waals surface area contributed by atoms with Gasteiger partial charge in [-0.1, -0.05) is 17.7 Å². The first-order valence-electron chi connectivity index (χ1n) is 9.19. The molecule has 8 nitrogen and oxygen atoms in total. The van der Waals surface area contributed by atoms with Crippen molar-refractivity contribution in [3.63, 3.8) is 0 Å². The quantitative estimate of drug-likeness (QED) is 0.667. The maximum absolute atomic E-state index is 13.1. The van der Waals surface area contributed by atoms with Crippen molar-refractivity contribution in [3.05, 3.63) is 53.1 Å². The highest BCUT2D eigenvalue weighted by molar-refractivity contribution is 7.92. The monoisotopic (exact) mass is 471 g/mol. The van der Waals surface area contributed by atoms with Crippen molar-refractivity contribution in [1.29, 1.82) is 0 Å². The normalized spacial score (nSPS) is 14.1. The maximum Gasteiger partial charge on any atom is 0.264 e. The summed E-state index contributed by atoms with van der Waals surface area (Å²) in [5, 5.41) is 3.07. The number of anilines is 2. The summed E-state index contributed by atoms with van der Waals surface area (Å²) in [6, 6.07) is 10.9. The van der Waals surface area contributed by atoms with Crippen molar-refractivity contribution in [2.45, 2.75) is 18.2 Å². The Morgan fingerprint density at radius 3 is 2.43 bits per heavy atom. The van der Waals surface area contributed by atoms with E-state index in [1.807, 2.05) is 0 Å². The zero-order valence-electron chi connectivity index (χ0n) is 16.5. The largest absolute Gasteiger partial charge is 0.325 e. The van der Waals surface area contributed by atoms with Crippen LogP contribution in [0.3, 0.4) is 0 Å². The van der Waals surface area contributed by atoms with E-state index in [-0.39, 0.29) is 23.7 Å². The number of carbonyl (C=O) groups excluding carboxylic acids is 1. The Bertz CT molecular complexity index is 1170. The molecule has 1 aliphatic heterocycles. The van der Waals surface area contributed by atoms with Crippen LogP contribution in [0.15, 0.2) is 47.4 Å². The number of hydrogen-bond donors (Lipinski definition) is 1. The van der Waals surface area contributed by atoms with Gasteiger partial charge in [0.25, 0.3) is 10.0 Å². The molecule has 162 valence electrons. The Labute approximate surface area is 181 Å². The molecule has 11 heteroatoms. The van der Waals surface area contributed by atoms with Gasteiger partial charge in [-0.15, -0.1) is 0 Å². The molecule has 0 aliphatic carbocycles. The van der Waals surface area contributed by atoms with Crippen molar-refractivity contribution in [2.24, 2.45) is 0 Å². The molecule has 1 N–H and O–H groups in total. The molecule has 0 saturated carbocycles. The lowest BCUT2D eigenvalue weighted by atomic mass is 10.1. The van der Waals surface area contributed by atoms with Gasteiger partial charge in [0.05, 0.1) is 22.9 Å². The fraction of sp³-hybridized carbons (Fsp3) is 0.316. The van der Waals surface area contributed by atoms with Gasteiger partial charge in [0.2, 0.25) is 15.9 Å². The lowest BCUT2D eigenvalue weighted by molar-refractivity contribution is -0.116. The van der Waals surface area contributed by atoms with Gasteiger partial charge in [-0.2, -0.15) is 4.31 Å². The fourth-order valence-electron chi connectivity index (χ4n) is 3.13. The van der Waals surface area contributed by atoms with Crippen LogP contribution >= 0.6 is 11.6 Å². The molecule has 1 amide bonds. The molecule has 0 spiro atoms. The zero-order valence-corrected chi connectivity index (χ0v) is 18.9. The summed E-state index contributed by atoms with van der Waals surface area (Å²) in [6.45, 7) is 1.45. The molecule has 0 atom stereocenters. The van der Waals surface area contributed by atoms with Crippen LogP contribution in [0.2, 0.25) is 5.02 Å². The number of nitrogens with zero attached hydrogens (tertiary/aromatic N) is 2. The first kappa shape index (κ1) is 22.5. The van der Waals surface area contributed by atoms with E-state index < -0.39 is 26.0 Å². The number of fused-ring (bicyclic) bond motifs is 1. The molecule has 3 rings (SSSR count). The molecule has 0 radical (unpaired) electrons. The summed E-state index contributed by atoms with van der Waals surface area (Å²) >= 11 is 5.86. The Hall–Kier alpha value is -2.14. The van der Waals surface area contributed by atoms with Crippen LogP contribution in [0.4, 0.5) is 11.4 Å². The van der Waals surface area contributed by atoms with Crippen LogP contribution in [-0.2, 0) is 31.3 Å². The molecule has 1 heterocycles.